The van der Waals surface area contributed by atoms with Crippen molar-refractivity contribution < 1.29 is 4.92 Å². The van der Waals surface area contributed by atoms with E-state index in [-0.39, 0.29) is 5.69 Å². The van der Waals surface area contributed by atoms with Crippen LogP contribution >= 0.6 is 11.9 Å². The molecule has 0 saturated heterocycles. The first-order valence-electron chi connectivity index (χ1n) is 3.64. The third-order valence-electron chi connectivity index (χ3n) is 1.73. The molecule has 1 heterocycles. The van der Waals surface area contributed by atoms with Crippen molar-refractivity contribution in [3.05, 3.63) is 39.3 Å². The van der Waals surface area contributed by atoms with Crippen LogP contribution in [0.5, 0.6) is 0 Å². The fourth-order valence-electron chi connectivity index (χ4n) is 1.10. The Morgan fingerprint density at radius 3 is 3.08 bits per heavy atom. The molecule has 1 aliphatic heterocycles. The molecule has 0 radical (unpaired) electrons. The Morgan fingerprint density at radius 1 is 1.46 bits per heavy atom. The minimum absolute atomic E-state index is 0.122. The monoisotopic (exact) mass is 194 g/mol. The second-order valence-corrected chi connectivity index (χ2v) is 3.26. The Morgan fingerprint density at radius 2 is 2.31 bits per heavy atom. The molecular formula is C8H6N2O2S. The van der Waals surface area contributed by atoms with E-state index in [2.05, 4.69) is 4.72 Å². The zero-order valence-corrected chi connectivity index (χ0v) is 7.38. The maximum Gasteiger partial charge on any atom is 0.270 e. The molecule has 66 valence electrons. The minimum Gasteiger partial charge on any atom is -0.326 e. The van der Waals surface area contributed by atoms with Gasteiger partial charge in [0, 0.05) is 17.7 Å². The highest BCUT2D eigenvalue weighted by Crippen LogP contribution is 2.29. The third-order valence-corrected chi connectivity index (χ3v) is 2.34. The Kier molecular flexibility index (Phi) is 1.94. The second-order valence-electron chi connectivity index (χ2n) is 2.55. The average Bonchev–Trinajstić information content (AvgIpc) is 2.17. The second kappa shape index (κ2) is 3.10. The van der Waals surface area contributed by atoms with Crippen LogP contribution in [0.2, 0.25) is 0 Å². The van der Waals surface area contributed by atoms with E-state index in [1.54, 1.807) is 12.1 Å². The molecule has 0 aromatic heterocycles. The summed E-state index contributed by atoms with van der Waals surface area (Å²) in [4.78, 5) is 10.0. The van der Waals surface area contributed by atoms with Crippen molar-refractivity contribution in [3.63, 3.8) is 0 Å². The lowest BCUT2D eigenvalue weighted by atomic mass is 10.1. The summed E-state index contributed by atoms with van der Waals surface area (Å²) in [5.74, 6) is 0. The molecule has 1 aliphatic rings. The predicted molar refractivity (Wildman–Crippen MR) is 53.3 cm³/mol. The molecule has 1 aromatic carbocycles. The molecule has 0 spiro atoms. The van der Waals surface area contributed by atoms with E-state index in [1.807, 2.05) is 11.5 Å². The van der Waals surface area contributed by atoms with Gasteiger partial charge in [0.15, 0.2) is 0 Å². The van der Waals surface area contributed by atoms with E-state index in [4.69, 9.17) is 0 Å². The Labute approximate surface area is 78.9 Å². The summed E-state index contributed by atoms with van der Waals surface area (Å²) in [6, 6.07) is 4.76. The normalized spacial score (nSPS) is 13.2. The van der Waals surface area contributed by atoms with E-state index in [0.717, 1.165) is 11.3 Å². The maximum absolute atomic E-state index is 10.4. The summed E-state index contributed by atoms with van der Waals surface area (Å²) >= 11 is 1.45. The number of hydrogen-bond acceptors (Lipinski definition) is 4. The quantitative estimate of drug-likeness (QED) is 0.424. The van der Waals surface area contributed by atoms with Crippen molar-refractivity contribution in [1.82, 2.24) is 0 Å². The van der Waals surface area contributed by atoms with Crippen LogP contribution in [0, 0.1) is 10.1 Å². The van der Waals surface area contributed by atoms with E-state index in [9.17, 15) is 10.1 Å². The van der Waals surface area contributed by atoms with Gasteiger partial charge in [0.25, 0.3) is 5.69 Å². The molecule has 0 saturated carbocycles. The summed E-state index contributed by atoms with van der Waals surface area (Å²) in [5.41, 5.74) is 1.89. The highest BCUT2D eigenvalue weighted by atomic mass is 32.2. The fourth-order valence-corrected chi connectivity index (χ4v) is 1.69. The van der Waals surface area contributed by atoms with Crippen LogP contribution in [0.4, 0.5) is 11.4 Å². The van der Waals surface area contributed by atoms with Crippen molar-refractivity contribution in [2.45, 2.75) is 0 Å². The van der Waals surface area contributed by atoms with Crippen molar-refractivity contribution in [2.75, 3.05) is 4.72 Å². The molecule has 0 unspecified atom stereocenters. The molecule has 0 bridgehead atoms. The predicted octanol–water partition coefficient (Wildman–Crippen LogP) is 2.64. The van der Waals surface area contributed by atoms with Crippen molar-refractivity contribution in [2.24, 2.45) is 0 Å². The minimum atomic E-state index is -0.393. The largest absolute Gasteiger partial charge is 0.326 e. The highest BCUT2D eigenvalue weighted by molar-refractivity contribution is 8.03. The van der Waals surface area contributed by atoms with Gasteiger partial charge in [0.2, 0.25) is 0 Å². The molecule has 0 amide bonds. The fraction of sp³-hybridized carbons (Fsp3) is 0. The summed E-state index contributed by atoms with van der Waals surface area (Å²) in [7, 11) is 0. The number of nitro benzene ring substituents is 1. The SMILES string of the molecule is O=[N+]([O-])c1ccc2c(c1)C=CSN2. The van der Waals surface area contributed by atoms with Crippen LogP contribution < -0.4 is 4.72 Å². The molecule has 1 aromatic rings. The lowest BCUT2D eigenvalue weighted by molar-refractivity contribution is -0.384. The van der Waals surface area contributed by atoms with Gasteiger partial charge in [-0.2, -0.15) is 0 Å². The van der Waals surface area contributed by atoms with Crippen LogP contribution in [-0.4, -0.2) is 4.92 Å². The maximum atomic E-state index is 10.4. The topological polar surface area (TPSA) is 55.2 Å². The summed E-state index contributed by atoms with van der Waals surface area (Å²) in [6.45, 7) is 0. The number of fused-ring (bicyclic) bond motifs is 1. The molecule has 5 heteroatoms. The van der Waals surface area contributed by atoms with Gasteiger partial charge in [0.1, 0.15) is 0 Å². The third kappa shape index (κ3) is 1.50. The number of nitrogens with one attached hydrogen (secondary N) is 1. The van der Waals surface area contributed by atoms with Gasteiger partial charge in [-0.25, -0.2) is 0 Å². The first-order chi connectivity index (χ1) is 6.27. The highest BCUT2D eigenvalue weighted by Gasteiger charge is 2.10. The van der Waals surface area contributed by atoms with Gasteiger partial charge in [-0.3, -0.25) is 10.1 Å². The first-order valence-corrected chi connectivity index (χ1v) is 4.52. The molecule has 0 atom stereocenters. The van der Waals surface area contributed by atoms with Crippen molar-refractivity contribution >= 4 is 29.4 Å². The van der Waals surface area contributed by atoms with Crippen LogP contribution in [0.3, 0.4) is 0 Å². The molecule has 4 nitrogen and oxygen atoms in total. The van der Waals surface area contributed by atoms with Gasteiger partial charge in [-0.15, -0.1) is 0 Å². The number of nitro groups is 1. The smallest absolute Gasteiger partial charge is 0.270 e. The Hall–Kier alpha value is -1.49. The van der Waals surface area contributed by atoms with Crippen LogP contribution in [0.25, 0.3) is 6.08 Å². The zero-order chi connectivity index (χ0) is 9.26. The average molecular weight is 194 g/mol. The van der Waals surface area contributed by atoms with E-state index >= 15 is 0 Å². The van der Waals surface area contributed by atoms with Gasteiger partial charge in [0.05, 0.1) is 10.6 Å². The Bertz CT molecular complexity index is 390. The van der Waals surface area contributed by atoms with Gasteiger partial charge < -0.3 is 4.72 Å². The summed E-state index contributed by atoms with van der Waals surface area (Å²) in [6.07, 6.45) is 1.85. The van der Waals surface area contributed by atoms with E-state index < -0.39 is 4.92 Å². The van der Waals surface area contributed by atoms with Gasteiger partial charge in [-0.1, -0.05) is 0 Å². The lowest BCUT2D eigenvalue weighted by Crippen LogP contribution is -1.94. The van der Waals surface area contributed by atoms with E-state index in [1.165, 1.54) is 18.0 Å². The number of nitrogens with zero attached hydrogens (tertiary/aromatic N) is 1. The number of hydrogen-bond donors (Lipinski definition) is 1. The Balaban J connectivity index is 2.48. The molecule has 2 rings (SSSR count). The van der Waals surface area contributed by atoms with Crippen molar-refractivity contribution in [1.29, 1.82) is 0 Å². The standard InChI is InChI=1S/C8H6N2O2S/c11-10(12)7-1-2-8-6(5-7)3-4-13-9-8/h1-5,9H. The summed E-state index contributed by atoms with van der Waals surface area (Å²) < 4.78 is 3.04. The molecule has 1 N–H and O–H groups in total. The number of non-ortho nitro benzene ring substituents is 1. The van der Waals surface area contributed by atoms with E-state index in [0.29, 0.717) is 0 Å². The number of benzene rings is 1. The number of anilines is 1. The van der Waals surface area contributed by atoms with Gasteiger partial charge in [-0.05, 0) is 29.5 Å². The molecule has 13 heavy (non-hydrogen) atoms. The molecule has 0 fully saturated rings. The lowest BCUT2D eigenvalue weighted by Gasteiger charge is -2.10. The summed E-state index contributed by atoms with van der Waals surface area (Å²) in [5, 5.41) is 12.3. The van der Waals surface area contributed by atoms with Crippen LogP contribution in [-0.2, 0) is 0 Å². The van der Waals surface area contributed by atoms with Crippen LogP contribution in [0.1, 0.15) is 5.56 Å². The molecule has 0 aliphatic carbocycles. The first kappa shape index (κ1) is 8.12. The van der Waals surface area contributed by atoms with Crippen molar-refractivity contribution in [3.8, 4) is 0 Å². The molecular weight excluding hydrogens is 188 g/mol. The van der Waals surface area contributed by atoms with Gasteiger partial charge >= 0.3 is 0 Å². The number of rotatable bonds is 1. The zero-order valence-electron chi connectivity index (χ0n) is 6.56. The van der Waals surface area contributed by atoms with Crippen LogP contribution in [0.15, 0.2) is 23.6 Å².